The lowest BCUT2D eigenvalue weighted by molar-refractivity contribution is 0.483. The number of benzene rings is 1. The molecule has 0 aliphatic carbocycles. The quantitative estimate of drug-likeness (QED) is 0.449. The summed E-state index contributed by atoms with van der Waals surface area (Å²) in [5.74, 6) is 0. The highest BCUT2D eigenvalue weighted by Crippen LogP contribution is 2.30. The highest BCUT2D eigenvalue weighted by atomic mass is 32.2. The third-order valence-electron chi connectivity index (χ3n) is 4.76. The average molecular weight is 357 g/mol. The summed E-state index contributed by atoms with van der Waals surface area (Å²) in [7, 11) is -6.09. The molecule has 0 unspecified atom stereocenters. The van der Waals surface area contributed by atoms with Crippen LogP contribution in [0.2, 0.25) is 18.1 Å². The van der Waals surface area contributed by atoms with Crippen molar-refractivity contribution in [1.29, 1.82) is 0 Å². The molecule has 1 N–H and O–H groups in total. The Balaban J connectivity index is 3.41. The van der Waals surface area contributed by atoms with Crippen LogP contribution < -0.4 is 5.19 Å². The largest absolute Gasteiger partial charge is 0.294 e. The summed E-state index contributed by atoms with van der Waals surface area (Å²) in [6.45, 7) is 6.56. The van der Waals surface area contributed by atoms with Gasteiger partial charge < -0.3 is 0 Å². The van der Waals surface area contributed by atoms with Crippen molar-refractivity contribution in [3.05, 3.63) is 24.3 Å². The van der Waals surface area contributed by atoms with E-state index < -0.39 is 18.2 Å². The normalized spacial score (nSPS) is 12.5. The molecular formula is C18H32O3SSi. The van der Waals surface area contributed by atoms with Crippen molar-refractivity contribution in [2.24, 2.45) is 0 Å². The van der Waals surface area contributed by atoms with Gasteiger partial charge in [-0.2, -0.15) is 8.42 Å². The molecule has 1 rings (SSSR count). The molecule has 0 atom stereocenters. The molecule has 0 heterocycles. The molecule has 0 saturated carbocycles. The van der Waals surface area contributed by atoms with E-state index in [4.69, 9.17) is 0 Å². The van der Waals surface area contributed by atoms with Gasteiger partial charge in [-0.1, -0.05) is 95.6 Å². The minimum Gasteiger partial charge on any atom is -0.282 e. The maximum Gasteiger partial charge on any atom is 0.294 e. The van der Waals surface area contributed by atoms with Crippen molar-refractivity contribution in [2.75, 3.05) is 0 Å². The fourth-order valence-electron chi connectivity index (χ4n) is 3.45. The van der Waals surface area contributed by atoms with Gasteiger partial charge in [0, 0.05) is 0 Å². The molecule has 0 radical (unpaired) electrons. The molecule has 0 aliphatic heterocycles. The fraction of sp³-hybridized carbons (Fsp3) is 0.667. The lowest BCUT2D eigenvalue weighted by Gasteiger charge is -2.34. The van der Waals surface area contributed by atoms with E-state index in [9.17, 15) is 13.0 Å². The van der Waals surface area contributed by atoms with Gasteiger partial charge in [0.1, 0.15) is 0 Å². The summed E-state index contributed by atoms with van der Waals surface area (Å²) in [5.41, 5.74) is 0. The summed E-state index contributed by atoms with van der Waals surface area (Å²) in [4.78, 5) is 0.162. The molecule has 23 heavy (non-hydrogen) atoms. The third-order valence-corrected chi connectivity index (χ3v) is 11.4. The zero-order valence-corrected chi connectivity index (χ0v) is 16.7. The van der Waals surface area contributed by atoms with Gasteiger partial charge in [0.05, 0.1) is 13.0 Å². The molecule has 0 bridgehead atoms. The van der Waals surface area contributed by atoms with Crippen LogP contribution in [0.3, 0.4) is 0 Å². The predicted octanol–water partition coefficient (Wildman–Crippen LogP) is 4.99. The number of hydrogen-bond donors (Lipinski definition) is 1. The van der Waals surface area contributed by atoms with Crippen molar-refractivity contribution in [1.82, 2.24) is 0 Å². The van der Waals surface area contributed by atoms with E-state index in [1.165, 1.54) is 0 Å². The maximum atomic E-state index is 11.9. The Hall–Kier alpha value is -0.653. The second kappa shape index (κ2) is 9.60. The molecule has 132 valence electrons. The molecule has 0 aromatic heterocycles. The van der Waals surface area contributed by atoms with E-state index in [2.05, 4.69) is 20.8 Å². The van der Waals surface area contributed by atoms with Crippen LogP contribution in [-0.2, 0) is 10.1 Å². The summed E-state index contributed by atoms with van der Waals surface area (Å²) in [6.07, 6.45) is 6.79. The molecule has 0 saturated heterocycles. The monoisotopic (exact) mass is 356 g/mol. The van der Waals surface area contributed by atoms with Crippen molar-refractivity contribution in [2.45, 2.75) is 82.3 Å². The first-order valence-corrected chi connectivity index (χ1v) is 13.0. The smallest absolute Gasteiger partial charge is 0.282 e. The van der Waals surface area contributed by atoms with Gasteiger partial charge in [-0.15, -0.1) is 0 Å². The minimum atomic E-state index is -4.16. The van der Waals surface area contributed by atoms with Crippen molar-refractivity contribution >= 4 is 23.4 Å². The summed E-state index contributed by atoms with van der Waals surface area (Å²) in [6, 6.07) is 10.6. The fourth-order valence-corrected chi connectivity index (χ4v) is 10.8. The van der Waals surface area contributed by atoms with Crippen molar-refractivity contribution in [3.63, 3.8) is 0 Å². The zero-order chi connectivity index (χ0) is 17.3. The van der Waals surface area contributed by atoms with Crippen LogP contribution in [0, 0.1) is 0 Å². The first-order valence-electron chi connectivity index (χ1n) is 8.98. The van der Waals surface area contributed by atoms with E-state index in [1.807, 2.05) is 12.1 Å². The van der Waals surface area contributed by atoms with Crippen LogP contribution in [0.25, 0.3) is 0 Å². The SMILES string of the molecule is CCCC[Si](CCCC)(CCCC)c1ccccc1S(=O)(=O)O. The Morgan fingerprint density at radius 2 is 1.30 bits per heavy atom. The first kappa shape index (κ1) is 20.4. The summed E-state index contributed by atoms with van der Waals surface area (Å²) in [5, 5.41) is 0.956. The van der Waals surface area contributed by atoms with Crippen LogP contribution in [0.5, 0.6) is 0 Å². The minimum absolute atomic E-state index is 0.162. The Bertz CT molecular complexity index is 548. The molecule has 1 aromatic carbocycles. The number of hydrogen-bond acceptors (Lipinski definition) is 2. The average Bonchev–Trinajstić information content (AvgIpc) is 2.54. The van der Waals surface area contributed by atoms with Gasteiger partial charge >= 0.3 is 0 Å². The zero-order valence-electron chi connectivity index (χ0n) is 14.8. The van der Waals surface area contributed by atoms with Crippen LogP contribution in [0.4, 0.5) is 0 Å². The summed E-state index contributed by atoms with van der Waals surface area (Å²) >= 11 is 0. The van der Waals surface area contributed by atoms with Gasteiger partial charge in [-0.05, 0) is 11.3 Å². The van der Waals surface area contributed by atoms with E-state index in [0.717, 1.165) is 61.8 Å². The Morgan fingerprint density at radius 3 is 1.70 bits per heavy atom. The third kappa shape index (κ3) is 5.73. The molecule has 0 spiro atoms. The van der Waals surface area contributed by atoms with Gasteiger partial charge in [-0.25, -0.2) is 0 Å². The number of unbranched alkanes of at least 4 members (excludes halogenated alkanes) is 3. The van der Waals surface area contributed by atoms with Crippen LogP contribution in [0.1, 0.15) is 59.3 Å². The Kier molecular flexibility index (Phi) is 8.51. The summed E-state index contributed by atoms with van der Waals surface area (Å²) < 4.78 is 33.5. The first-order chi connectivity index (χ1) is 10.9. The predicted molar refractivity (Wildman–Crippen MR) is 101 cm³/mol. The lowest BCUT2D eigenvalue weighted by atomic mass is 10.3. The molecule has 0 amide bonds. The second-order valence-electron chi connectivity index (χ2n) is 6.56. The van der Waals surface area contributed by atoms with E-state index in [1.54, 1.807) is 12.1 Å². The van der Waals surface area contributed by atoms with Crippen molar-refractivity contribution < 1.29 is 13.0 Å². The van der Waals surface area contributed by atoms with Gasteiger partial charge in [0.25, 0.3) is 10.1 Å². The lowest BCUT2D eigenvalue weighted by Crippen LogP contribution is -2.49. The van der Waals surface area contributed by atoms with Crippen molar-refractivity contribution in [3.8, 4) is 0 Å². The van der Waals surface area contributed by atoms with Crippen LogP contribution in [-0.4, -0.2) is 21.0 Å². The standard InChI is InChI=1S/C18H32O3SSi/c1-4-7-14-23(15-8-5-2,16-9-6-3)18-13-11-10-12-17(18)22(19,20)21/h10-13H,4-9,14-16H2,1-3H3,(H,19,20,21). The molecular weight excluding hydrogens is 324 g/mol. The van der Waals surface area contributed by atoms with E-state index >= 15 is 0 Å². The second-order valence-corrected chi connectivity index (χ2v) is 12.6. The van der Waals surface area contributed by atoms with E-state index in [-0.39, 0.29) is 4.90 Å². The Morgan fingerprint density at radius 1 is 0.870 bits per heavy atom. The van der Waals surface area contributed by atoms with Gasteiger partial charge in [0.15, 0.2) is 0 Å². The van der Waals surface area contributed by atoms with Gasteiger partial charge in [0.2, 0.25) is 0 Å². The Labute approximate surface area is 143 Å². The van der Waals surface area contributed by atoms with Crippen LogP contribution in [0.15, 0.2) is 29.2 Å². The maximum absolute atomic E-state index is 11.9. The molecule has 3 nitrogen and oxygen atoms in total. The molecule has 1 aromatic rings. The molecule has 0 aliphatic rings. The highest BCUT2D eigenvalue weighted by Gasteiger charge is 2.37. The van der Waals surface area contributed by atoms with Crippen LogP contribution >= 0.6 is 0 Å². The number of rotatable bonds is 11. The topological polar surface area (TPSA) is 54.4 Å². The molecule has 5 heteroatoms. The highest BCUT2D eigenvalue weighted by molar-refractivity contribution is 7.86. The van der Waals surface area contributed by atoms with Gasteiger partial charge in [-0.3, -0.25) is 4.55 Å². The molecule has 0 fully saturated rings. The van der Waals surface area contributed by atoms with E-state index in [0.29, 0.717) is 0 Å².